The van der Waals surface area contributed by atoms with Crippen molar-refractivity contribution in [2.75, 3.05) is 0 Å². The van der Waals surface area contributed by atoms with Gasteiger partial charge in [0.2, 0.25) is 0 Å². The van der Waals surface area contributed by atoms with Gasteiger partial charge >= 0.3 is 5.97 Å². The zero-order valence-electron chi connectivity index (χ0n) is 8.66. The Hall–Kier alpha value is -2.22. The molecule has 0 fully saturated rings. The quantitative estimate of drug-likeness (QED) is 0.689. The van der Waals surface area contributed by atoms with Crippen LogP contribution in [0.4, 0.5) is 5.69 Å². The summed E-state index contributed by atoms with van der Waals surface area (Å²) >= 11 is 3.11. The van der Waals surface area contributed by atoms with Crippen LogP contribution in [0.15, 0.2) is 33.5 Å². The molecule has 0 aliphatic rings. The molecule has 0 atom stereocenters. The molecular weight excluding hydrogens is 308 g/mol. The van der Waals surface area contributed by atoms with Crippen molar-refractivity contribution in [3.8, 4) is 11.3 Å². The van der Waals surface area contributed by atoms with Crippen molar-refractivity contribution in [1.29, 1.82) is 0 Å². The third-order valence-electron chi connectivity index (χ3n) is 2.13. The monoisotopic (exact) mass is 312 g/mol. The standard InChI is InChI=1S/C10H5BrN2O5/c11-6-1-5(2-7(3-6)13(16)17)9-8(10(14)15)12-4-18-9/h1-4H,(H,14,15). The molecule has 0 radical (unpaired) electrons. The molecule has 0 aliphatic heterocycles. The van der Waals surface area contributed by atoms with Gasteiger partial charge in [0.15, 0.2) is 17.8 Å². The normalized spacial score (nSPS) is 10.3. The second kappa shape index (κ2) is 4.57. The molecule has 2 rings (SSSR count). The minimum atomic E-state index is -1.26. The maximum absolute atomic E-state index is 10.9. The summed E-state index contributed by atoms with van der Waals surface area (Å²) in [5.74, 6) is -1.28. The van der Waals surface area contributed by atoms with E-state index in [0.29, 0.717) is 4.47 Å². The van der Waals surface area contributed by atoms with E-state index in [2.05, 4.69) is 20.9 Å². The summed E-state index contributed by atoms with van der Waals surface area (Å²) in [5.41, 5.74) is -0.194. The molecule has 0 unspecified atom stereocenters. The van der Waals surface area contributed by atoms with E-state index in [4.69, 9.17) is 9.52 Å². The average Bonchev–Trinajstić information content (AvgIpc) is 2.76. The summed E-state index contributed by atoms with van der Waals surface area (Å²) in [7, 11) is 0. The molecule has 8 heteroatoms. The first-order valence-electron chi connectivity index (χ1n) is 4.61. The largest absolute Gasteiger partial charge is 0.476 e. The maximum Gasteiger partial charge on any atom is 0.358 e. The lowest BCUT2D eigenvalue weighted by atomic mass is 10.1. The number of hydrogen-bond donors (Lipinski definition) is 1. The van der Waals surface area contributed by atoms with Crippen molar-refractivity contribution in [3.63, 3.8) is 0 Å². The Morgan fingerprint density at radius 2 is 2.17 bits per heavy atom. The van der Waals surface area contributed by atoms with Gasteiger partial charge in [-0.3, -0.25) is 10.1 Å². The number of aromatic carboxylic acids is 1. The number of carboxylic acid groups (broad SMARTS) is 1. The number of rotatable bonds is 3. The second-order valence-corrected chi connectivity index (χ2v) is 4.21. The third-order valence-corrected chi connectivity index (χ3v) is 2.58. The number of nitro groups is 1. The van der Waals surface area contributed by atoms with E-state index in [1.807, 2.05) is 0 Å². The smallest absolute Gasteiger partial charge is 0.358 e. The van der Waals surface area contributed by atoms with Gasteiger partial charge in [0.05, 0.1) is 4.92 Å². The van der Waals surface area contributed by atoms with Gasteiger partial charge in [-0.05, 0) is 6.07 Å². The maximum atomic E-state index is 10.9. The number of carbonyl (C=O) groups is 1. The molecule has 0 amide bonds. The van der Waals surface area contributed by atoms with Crippen molar-refractivity contribution < 1.29 is 19.2 Å². The van der Waals surface area contributed by atoms with Crippen LogP contribution in [0.2, 0.25) is 0 Å². The zero-order chi connectivity index (χ0) is 13.3. The van der Waals surface area contributed by atoms with Crippen molar-refractivity contribution in [3.05, 3.63) is 44.9 Å². The van der Waals surface area contributed by atoms with Crippen molar-refractivity contribution >= 4 is 27.6 Å². The van der Waals surface area contributed by atoms with E-state index in [1.165, 1.54) is 18.2 Å². The van der Waals surface area contributed by atoms with Crippen molar-refractivity contribution in [1.82, 2.24) is 4.98 Å². The van der Waals surface area contributed by atoms with Crippen LogP contribution in [0, 0.1) is 10.1 Å². The molecule has 1 heterocycles. The van der Waals surface area contributed by atoms with Crippen molar-refractivity contribution in [2.24, 2.45) is 0 Å². The molecular formula is C10H5BrN2O5. The Morgan fingerprint density at radius 3 is 2.78 bits per heavy atom. The fraction of sp³-hybridized carbons (Fsp3) is 0. The Balaban J connectivity index is 2.60. The molecule has 7 nitrogen and oxygen atoms in total. The predicted octanol–water partition coefficient (Wildman–Crippen LogP) is 2.71. The van der Waals surface area contributed by atoms with Crippen LogP contribution in [0.1, 0.15) is 10.5 Å². The minimum Gasteiger partial charge on any atom is -0.476 e. The van der Waals surface area contributed by atoms with E-state index in [-0.39, 0.29) is 22.7 Å². The SMILES string of the molecule is O=C(O)c1ncoc1-c1cc(Br)cc([N+](=O)[O-])c1. The molecule has 92 valence electrons. The number of nitrogens with zero attached hydrogens (tertiary/aromatic N) is 2. The summed E-state index contributed by atoms with van der Waals surface area (Å²) in [4.78, 5) is 24.6. The zero-order valence-corrected chi connectivity index (χ0v) is 10.2. The molecule has 1 aromatic heterocycles. The predicted molar refractivity (Wildman–Crippen MR) is 63.3 cm³/mol. The van der Waals surface area contributed by atoms with Gasteiger partial charge in [-0.15, -0.1) is 0 Å². The average molecular weight is 313 g/mol. The Morgan fingerprint density at radius 1 is 1.44 bits per heavy atom. The molecule has 0 aliphatic carbocycles. The fourth-order valence-corrected chi connectivity index (χ4v) is 1.90. The molecule has 0 spiro atoms. The lowest BCUT2D eigenvalue weighted by molar-refractivity contribution is -0.384. The number of hydrogen-bond acceptors (Lipinski definition) is 5. The summed E-state index contributed by atoms with van der Waals surface area (Å²) in [5, 5.41) is 19.6. The number of nitro benzene ring substituents is 1. The molecule has 18 heavy (non-hydrogen) atoms. The molecule has 0 saturated heterocycles. The number of benzene rings is 1. The van der Waals surface area contributed by atoms with Gasteiger partial charge in [-0.25, -0.2) is 9.78 Å². The van der Waals surface area contributed by atoms with Crippen LogP contribution in [0.25, 0.3) is 11.3 Å². The number of carboxylic acids is 1. The van der Waals surface area contributed by atoms with E-state index >= 15 is 0 Å². The van der Waals surface area contributed by atoms with E-state index in [0.717, 1.165) is 6.39 Å². The first-order valence-corrected chi connectivity index (χ1v) is 5.40. The Kier molecular flexibility index (Phi) is 3.11. The highest BCUT2D eigenvalue weighted by Gasteiger charge is 2.20. The number of non-ortho nitro benzene ring substituents is 1. The van der Waals surface area contributed by atoms with Crippen LogP contribution < -0.4 is 0 Å². The lowest BCUT2D eigenvalue weighted by Gasteiger charge is -2.00. The topological polar surface area (TPSA) is 106 Å². The van der Waals surface area contributed by atoms with Gasteiger partial charge in [-0.1, -0.05) is 15.9 Å². The van der Waals surface area contributed by atoms with Gasteiger partial charge in [0, 0.05) is 22.2 Å². The highest BCUT2D eigenvalue weighted by atomic mass is 79.9. The Bertz CT molecular complexity index is 637. The summed E-state index contributed by atoms with van der Waals surface area (Å²) in [6, 6.07) is 4.04. The van der Waals surface area contributed by atoms with E-state index in [9.17, 15) is 14.9 Å². The highest BCUT2D eigenvalue weighted by Crippen LogP contribution is 2.30. The summed E-state index contributed by atoms with van der Waals surface area (Å²) in [6.45, 7) is 0. The molecule has 1 N–H and O–H groups in total. The lowest BCUT2D eigenvalue weighted by Crippen LogP contribution is -1.99. The van der Waals surface area contributed by atoms with Crippen molar-refractivity contribution in [2.45, 2.75) is 0 Å². The second-order valence-electron chi connectivity index (χ2n) is 3.29. The molecule has 0 bridgehead atoms. The van der Waals surface area contributed by atoms with Gasteiger partial charge < -0.3 is 9.52 Å². The first kappa shape index (κ1) is 12.2. The van der Waals surface area contributed by atoms with Crippen LogP contribution in [0.3, 0.4) is 0 Å². The molecule has 0 saturated carbocycles. The molecule has 2 aromatic rings. The molecule has 1 aromatic carbocycles. The van der Waals surface area contributed by atoms with Crippen LogP contribution >= 0.6 is 15.9 Å². The van der Waals surface area contributed by atoms with E-state index < -0.39 is 10.9 Å². The third kappa shape index (κ3) is 2.23. The Labute approximate surface area is 108 Å². The number of aromatic nitrogens is 1. The van der Waals surface area contributed by atoms with Crippen LogP contribution in [0.5, 0.6) is 0 Å². The van der Waals surface area contributed by atoms with Gasteiger partial charge in [0.25, 0.3) is 5.69 Å². The summed E-state index contributed by atoms with van der Waals surface area (Å²) < 4.78 is 5.41. The minimum absolute atomic E-state index is 0.0214. The van der Waals surface area contributed by atoms with Gasteiger partial charge in [0.1, 0.15) is 0 Å². The fourth-order valence-electron chi connectivity index (χ4n) is 1.41. The van der Waals surface area contributed by atoms with Gasteiger partial charge in [-0.2, -0.15) is 0 Å². The highest BCUT2D eigenvalue weighted by molar-refractivity contribution is 9.10. The number of halogens is 1. The number of oxazole rings is 1. The van der Waals surface area contributed by atoms with Crippen LogP contribution in [-0.4, -0.2) is 21.0 Å². The summed E-state index contributed by atoms with van der Waals surface area (Å²) in [6.07, 6.45) is 0.978. The van der Waals surface area contributed by atoms with Crippen LogP contribution in [-0.2, 0) is 0 Å². The first-order chi connectivity index (χ1) is 8.49. The van der Waals surface area contributed by atoms with E-state index in [1.54, 1.807) is 0 Å².